The average molecular weight is 358 g/mol. The van der Waals surface area contributed by atoms with Gasteiger partial charge >= 0.3 is 0 Å². The summed E-state index contributed by atoms with van der Waals surface area (Å²) in [7, 11) is 0. The zero-order valence-corrected chi connectivity index (χ0v) is 15.2. The fraction of sp³-hybridized carbons (Fsp3) is 0.0476. The Labute approximate surface area is 153 Å². The summed E-state index contributed by atoms with van der Waals surface area (Å²) in [5.41, 5.74) is 5.67. The highest BCUT2D eigenvalue weighted by molar-refractivity contribution is 7.22. The van der Waals surface area contributed by atoms with Crippen LogP contribution >= 0.6 is 22.7 Å². The highest BCUT2D eigenvalue weighted by Crippen LogP contribution is 2.35. The number of benzene rings is 3. The van der Waals surface area contributed by atoms with Gasteiger partial charge < -0.3 is 0 Å². The second-order valence-electron chi connectivity index (χ2n) is 6.06. The molecule has 3 aromatic carbocycles. The number of hydrogen-bond acceptors (Lipinski definition) is 4. The number of nitrogens with zero attached hydrogens (tertiary/aromatic N) is 2. The molecule has 4 heteroatoms. The number of thiazole rings is 2. The van der Waals surface area contributed by atoms with Crippen molar-refractivity contribution in [2.75, 3.05) is 0 Å². The van der Waals surface area contributed by atoms with E-state index in [9.17, 15) is 0 Å². The van der Waals surface area contributed by atoms with Crippen LogP contribution in [-0.2, 0) is 0 Å². The van der Waals surface area contributed by atoms with Crippen LogP contribution in [0.3, 0.4) is 0 Å². The molecule has 0 aliphatic rings. The largest absolute Gasteiger partial charge is 0.236 e. The van der Waals surface area contributed by atoms with E-state index in [1.807, 2.05) is 12.1 Å². The molecule has 0 bridgehead atoms. The molecule has 0 aliphatic heterocycles. The first-order valence-corrected chi connectivity index (χ1v) is 9.73. The average Bonchev–Trinajstić information content (AvgIpc) is 3.25. The maximum atomic E-state index is 4.80. The summed E-state index contributed by atoms with van der Waals surface area (Å²) in [5.74, 6) is 0. The molecule has 0 amide bonds. The van der Waals surface area contributed by atoms with Crippen LogP contribution in [0.1, 0.15) is 5.56 Å². The van der Waals surface area contributed by atoms with Crippen LogP contribution in [-0.4, -0.2) is 9.97 Å². The zero-order valence-electron chi connectivity index (χ0n) is 13.6. The molecule has 0 saturated heterocycles. The van der Waals surface area contributed by atoms with Crippen LogP contribution < -0.4 is 0 Å². The molecule has 25 heavy (non-hydrogen) atoms. The van der Waals surface area contributed by atoms with Crippen molar-refractivity contribution in [1.82, 2.24) is 9.97 Å². The lowest BCUT2D eigenvalue weighted by atomic mass is 10.1. The van der Waals surface area contributed by atoms with E-state index < -0.39 is 0 Å². The molecule has 0 N–H and O–H groups in total. The van der Waals surface area contributed by atoms with Gasteiger partial charge in [0.1, 0.15) is 10.0 Å². The number of aryl methyl sites for hydroxylation is 1. The minimum absolute atomic E-state index is 1.06. The van der Waals surface area contributed by atoms with Gasteiger partial charge in [0.15, 0.2) is 0 Å². The molecule has 5 aromatic rings. The summed E-state index contributed by atoms with van der Waals surface area (Å²) in [5, 5.41) is 2.12. The molecule has 0 saturated carbocycles. The van der Waals surface area contributed by atoms with Crippen LogP contribution in [0.15, 0.2) is 66.7 Å². The first kappa shape index (κ1) is 14.8. The quantitative estimate of drug-likeness (QED) is 0.358. The first-order chi connectivity index (χ1) is 12.3. The second-order valence-corrected chi connectivity index (χ2v) is 8.12. The monoisotopic (exact) mass is 358 g/mol. The van der Waals surface area contributed by atoms with Gasteiger partial charge in [0.25, 0.3) is 0 Å². The third kappa shape index (κ3) is 2.64. The van der Waals surface area contributed by atoms with Gasteiger partial charge in [-0.05, 0) is 55.0 Å². The summed E-state index contributed by atoms with van der Waals surface area (Å²) in [6.45, 7) is 2.13. The van der Waals surface area contributed by atoms with E-state index in [0.29, 0.717) is 0 Å². The third-order valence-electron chi connectivity index (χ3n) is 4.16. The van der Waals surface area contributed by atoms with E-state index in [1.165, 1.54) is 15.0 Å². The van der Waals surface area contributed by atoms with Crippen molar-refractivity contribution in [3.8, 4) is 21.1 Å². The number of rotatable bonds is 2. The van der Waals surface area contributed by atoms with Crippen LogP contribution in [0.4, 0.5) is 0 Å². The topological polar surface area (TPSA) is 25.8 Å². The molecule has 2 aromatic heterocycles. The number of para-hydroxylation sites is 2. The Balaban J connectivity index is 1.66. The molecular formula is C21H14N2S2. The third-order valence-corrected chi connectivity index (χ3v) is 6.33. The minimum Gasteiger partial charge on any atom is -0.236 e. The summed E-state index contributed by atoms with van der Waals surface area (Å²) >= 11 is 3.48. The van der Waals surface area contributed by atoms with Crippen molar-refractivity contribution in [3.05, 3.63) is 72.3 Å². The molecule has 120 valence electrons. The normalized spacial score (nSPS) is 11.4. The van der Waals surface area contributed by atoms with Gasteiger partial charge in [0.05, 0.1) is 20.4 Å². The van der Waals surface area contributed by atoms with E-state index in [2.05, 4.69) is 61.5 Å². The fourth-order valence-corrected chi connectivity index (χ4v) is 4.93. The van der Waals surface area contributed by atoms with Crippen LogP contribution in [0, 0.1) is 6.92 Å². The van der Waals surface area contributed by atoms with Gasteiger partial charge in [0, 0.05) is 11.1 Å². The molecule has 0 aliphatic carbocycles. The van der Waals surface area contributed by atoms with Crippen molar-refractivity contribution >= 4 is 43.1 Å². The van der Waals surface area contributed by atoms with E-state index in [1.54, 1.807) is 22.7 Å². The van der Waals surface area contributed by atoms with E-state index in [0.717, 1.165) is 32.2 Å². The standard InChI is InChI=1S/C21H14N2S2/c1-13-10-14(20-22-16-6-2-4-8-18(16)24-20)12-15(11-13)21-23-17-7-3-5-9-19(17)25-21/h2-12H,1H3. The van der Waals surface area contributed by atoms with Crippen molar-refractivity contribution in [3.63, 3.8) is 0 Å². The number of aromatic nitrogens is 2. The number of fused-ring (bicyclic) bond motifs is 2. The van der Waals surface area contributed by atoms with Crippen molar-refractivity contribution in [2.24, 2.45) is 0 Å². The first-order valence-electron chi connectivity index (χ1n) is 8.10. The van der Waals surface area contributed by atoms with E-state index in [4.69, 9.17) is 9.97 Å². The minimum atomic E-state index is 1.06. The molecule has 0 spiro atoms. The Bertz CT molecular complexity index is 1060. The molecule has 0 radical (unpaired) electrons. The van der Waals surface area contributed by atoms with Crippen LogP contribution in [0.2, 0.25) is 0 Å². The van der Waals surface area contributed by atoms with Gasteiger partial charge in [0.2, 0.25) is 0 Å². The highest BCUT2D eigenvalue weighted by Gasteiger charge is 2.11. The van der Waals surface area contributed by atoms with Gasteiger partial charge in [-0.15, -0.1) is 22.7 Å². The SMILES string of the molecule is Cc1cc(-c2nc3ccccc3s2)cc(-c2nc3ccccc3s2)c1. The lowest BCUT2D eigenvalue weighted by molar-refractivity contribution is 1.41. The van der Waals surface area contributed by atoms with Crippen molar-refractivity contribution in [2.45, 2.75) is 6.92 Å². The second kappa shape index (κ2) is 5.76. The van der Waals surface area contributed by atoms with Gasteiger partial charge in [-0.2, -0.15) is 0 Å². The van der Waals surface area contributed by atoms with E-state index >= 15 is 0 Å². The van der Waals surface area contributed by atoms with Gasteiger partial charge in [-0.1, -0.05) is 24.3 Å². The summed E-state index contributed by atoms with van der Waals surface area (Å²) < 4.78 is 2.45. The Hall–Kier alpha value is -2.56. The van der Waals surface area contributed by atoms with Crippen LogP contribution in [0.5, 0.6) is 0 Å². The Morgan fingerprint density at radius 2 is 1.12 bits per heavy atom. The lowest BCUT2D eigenvalue weighted by Crippen LogP contribution is -1.83. The fourth-order valence-electron chi connectivity index (χ4n) is 3.02. The highest BCUT2D eigenvalue weighted by atomic mass is 32.1. The molecule has 5 rings (SSSR count). The summed E-state index contributed by atoms with van der Waals surface area (Å²) in [6.07, 6.45) is 0. The van der Waals surface area contributed by atoms with Crippen molar-refractivity contribution in [1.29, 1.82) is 0 Å². The Kier molecular flexibility index (Phi) is 3.40. The molecular weight excluding hydrogens is 344 g/mol. The zero-order chi connectivity index (χ0) is 16.8. The molecule has 2 heterocycles. The van der Waals surface area contributed by atoms with Gasteiger partial charge in [-0.3, -0.25) is 0 Å². The maximum Gasteiger partial charge on any atom is 0.124 e. The predicted molar refractivity (Wildman–Crippen MR) is 108 cm³/mol. The Morgan fingerprint density at radius 3 is 1.60 bits per heavy atom. The maximum absolute atomic E-state index is 4.80. The van der Waals surface area contributed by atoms with Gasteiger partial charge in [-0.25, -0.2) is 9.97 Å². The Morgan fingerprint density at radius 1 is 0.640 bits per heavy atom. The predicted octanol–water partition coefficient (Wildman–Crippen LogP) is 6.55. The van der Waals surface area contributed by atoms with E-state index in [-0.39, 0.29) is 0 Å². The smallest absolute Gasteiger partial charge is 0.124 e. The summed E-state index contributed by atoms with van der Waals surface area (Å²) in [4.78, 5) is 9.61. The number of hydrogen-bond donors (Lipinski definition) is 0. The van der Waals surface area contributed by atoms with Crippen molar-refractivity contribution < 1.29 is 0 Å². The lowest BCUT2D eigenvalue weighted by Gasteiger charge is -2.03. The molecule has 2 nitrogen and oxygen atoms in total. The molecule has 0 atom stereocenters. The summed E-state index contributed by atoms with van der Waals surface area (Å²) in [6, 6.07) is 23.2. The van der Waals surface area contributed by atoms with Crippen LogP contribution in [0.25, 0.3) is 41.6 Å². The molecule has 0 fully saturated rings. The molecule has 0 unspecified atom stereocenters.